The highest BCUT2D eigenvalue weighted by Crippen LogP contribution is 2.31. The van der Waals surface area contributed by atoms with E-state index in [1.165, 1.54) is 5.56 Å². The molecular formula is C18H23NO2. The van der Waals surface area contributed by atoms with Crippen LogP contribution < -0.4 is 14.8 Å². The predicted molar refractivity (Wildman–Crippen MR) is 87.4 cm³/mol. The number of ether oxygens (including phenoxy) is 2. The Hall–Kier alpha value is -2.16. The van der Waals surface area contributed by atoms with Crippen molar-refractivity contribution in [2.24, 2.45) is 0 Å². The van der Waals surface area contributed by atoms with Gasteiger partial charge in [-0.2, -0.15) is 0 Å². The first-order chi connectivity index (χ1) is 10.2. The largest absolute Gasteiger partial charge is 0.496 e. The summed E-state index contributed by atoms with van der Waals surface area (Å²) in [5, 5.41) is 3.58. The molecular weight excluding hydrogens is 262 g/mol. The van der Waals surface area contributed by atoms with Gasteiger partial charge in [0, 0.05) is 11.3 Å². The number of benzene rings is 2. The van der Waals surface area contributed by atoms with E-state index in [0.717, 1.165) is 29.2 Å². The quantitative estimate of drug-likeness (QED) is 0.843. The molecule has 2 rings (SSSR count). The van der Waals surface area contributed by atoms with Gasteiger partial charge in [-0.25, -0.2) is 0 Å². The maximum atomic E-state index is 5.47. The first kappa shape index (κ1) is 15.2. The Balaban J connectivity index is 2.25. The van der Waals surface area contributed by atoms with E-state index in [2.05, 4.69) is 24.4 Å². The summed E-state index contributed by atoms with van der Waals surface area (Å²) in [6, 6.07) is 14.5. The van der Waals surface area contributed by atoms with Crippen LogP contribution in [0.2, 0.25) is 0 Å². The fourth-order valence-corrected chi connectivity index (χ4v) is 2.52. The Morgan fingerprint density at radius 1 is 1.00 bits per heavy atom. The predicted octanol–water partition coefficient (Wildman–Crippen LogP) is 4.58. The second-order valence-corrected chi connectivity index (χ2v) is 5.03. The lowest BCUT2D eigenvalue weighted by Crippen LogP contribution is -2.11. The molecule has 0 aliphatic carbocycles. The van der Waals surface area contributed by atoms with Crippen molar-refractivity contribution in [3.63, 3.8) is 0 Å². The normalized spacial score (nSPS) is 11.8. The molecule has 0 saturated carbocycles. The van der Waals surface area contributed by atoms with Crippen LogP contribution in [0, 0.1) is 6.92 Å². The molecule has 0 fully saturated rings. The highest BCUT2D eigenvalue weighted by atomic mass is 16.5. The topological polar surface area (TPSA) is 30.5 Å². The smallest absolute Gasteiger partial charge is 0.124 e. The molecule has 0 heterocycles. The van der Waals surface area contributed by atoms with Crippen LogP contribution in [0.3, 0.4) is 0 Å². The van der Waals surface area contributed by atoms with Crippen molar-refractivity contribution in [1.82, 2.24) is 0 Å². The van der Waals surface area contributed by atoms with Crippen LogP contribution in [-0.4, -0.2) is 14.2 Å². The van der Waals surface area contributed by atoms with Crippen molar-refractivity contribution < 1.29 is 9.47 Å². The number of anilines is 1. The molecule has 2 aromatic carbocycles. The lowest BCUT2D eigenvalue weighted by molar-refractivity contribution is 0.406. The van der Waals surface area contributed by atoms with Crippen LogP contribution in [-0.2, 0) is 0 Å². The Morgan fingerprint density at radius 3 is 2.33 bits per heavy atom. The Labute approximate surface area is 126 Å². The molecule has 0 spiro atoms. The lowest BCUT2D eigenvalue weighted by atomic mass is 10.0. The molecule has 1 N–H and O–H groups in total. The average Bonchev–Trinajstić information content (AvgIpc) is 2.52. The van der Waals surface area contributed by atoms with Crippen molar-refractivity contribution >= 4 is 5.69 Å². The molecule has 0 saturated heterocycles. The zero-order valence-electron chi connectivity index (χ0n) is 13.1. The molecule has 3 heteroatoms. The molecule has 1 unspecified atom stereocenters. The minimum absolute atomic E-state index is 0.217. The third-order valence-electron chi connectivity index (χ3n) is 3.66. The number of hydrogen-bond acceptors (Lipinski definition) is 3. The van der Waals surface area contributed by atoms with Gasteiger partial charge in [-0.05, 0) is 43.2 Å². The number of hydrogen-bond donors (Lipinski definition) is 1. The van der Waals surface area contributed by atoms with Gasteiger partial charge in [-0.3, -0.25) is 0 Å². The molecule has 0 aliphatic rings. The van der Waals surface area contributed by atoms with Crippen molar-refractivity contribution in [3.8, 4) is 11.5 Å². The SMILES string of the molecule is CCC(Nc1ccc(OC)c(C)c1)c1ccccc1OC. The summed E-state index contributed by atoms with van der Waals surface area (Å²) in [5.74, 6) is 1.83. The monoisotopic (exact) mass is 285 g/mol. The zero-order chi connectivity index (χ0) is 15.2. The fourth-order valence-electron chi connectivity index (χ4n) is 2.52. The second kappa shape index (κ2) is 7.02. The lowest BCUT2D eigenvalue weighted by Gasteiger charge is -2.21. The van der Waals surface area contributed by atoms with Crippen LogP contribution in [0.1, 0.15) is 30.5 Å². The number of methoxy groups -OCH3 is 2. The first-order valence-corrected chi connectivity index (χ1v) is 7.23. The van der Waals surface area contributed by atoms with E-state index in [0.29, 0.717) is 0 Å². The van der Waals surface area contributed by atoms with Gasteiger partial charge in [-0.15, -0.1) is 0 Å². The minimum atomic E-state index is 0.217. The number of nitrogens with one attached hydrogen (secondary N) is 1. The molecule has 21 heavy (non-hydrogen) atoms. The average molecular weight is 285 g/mol. The summed E-state index contributed by atoms with van der Waals surface area (Å²) < 4.78 is 10.8. The molecule has 0 radical (unpaired) electrons. The number of rotatable bonds is 6. The molecule has 112 valence electrons. The van der Waals surface area contributed by atoms with Crippen LogP contribution in [0.5, 0.6) is 11.5 Å². The van der Waals surface area contributed by atoms with Gasteiger partial charge >= 0.3 is 0 Å². The zero-order valence-corrected chi connectivity index (χ0v) is 13.1. The third-order valence-corrected chi connectivity index (χ3v) is 3.66. The Kier molecular flexibility index (Phi) is 5.09. The highest BCUT2D eigenvalue weighted by molar-refractivity contribution is 5.53. The van der Waals surface area contributed by atoms with Crippen molar-refractivity contribution in [2.45, 2.75) is 26.3 Å². The van der Waals surface area contributed by atoms with Gasteiger partial charge in [0.25, 0.3) is 0 Å². The minimum Gasteiger partial charge on any atom is -0.496 e. The van der Waals surface area contributed by atoms with Gasteiger partial charge in [0.05, 0.1) is 20.3 Å². The molecule has 1 atom stereocenters. The molecule has 0 bridgehead atoms. The van der Waals surface area contributed by atoms with Gasteiger partial charge in [0.1, 0.15) is 11.5 Å². The van der Waals surface area contributed by atoms with Gasteiger partial charge in [0.15, 0.2) is 0 Å². The highest BCUT2D eigenvalue weighted by Gasteiger charge is 2.14. The standard InChI is InChI=1S/C18H23NO2/c1-5-16(15-8-6-7-9-18(15)21-4)19-14-10-11-17(20-3)13(2)12-14/h6-12,16,19H,5H2,1-4H3. The van der Waals surface area contributed by atoms with Crippen molar-refractivity contribution in [2.75, 3.05) is 19.5 Å². The third kappa shape index (κ3) is 3.48. The summed E-state index contributed by atoms with van der Waals surface area (Å²) in [4.78, 5) is 0. The van der Waals surface area contributed by atoms with E-state index < -0.39 is 0 Å². The van der Waals surface area contributed by atoms with Crippen LogP contribution in [0.15, 0.2) is 42.5 Å². The van der Waals surface area contributed by atoms with Gasteiger partial charge in [0.2, 0.25) is 0 Å². The van der Waals surface area contributed by atoms with E-state index in [-0.39, 0.29) is 6.04 Å². The van der Waals surface area contributed by atoms with E-state index in [1.807, 2.05) is 37.3 Å². The summed E-state index contributed by atoms with van der Waals surface area (Å²) in [5.41, 5.74) is 3.39. The summed E-state index contributed by atoms with van der Waals surface area (Å²) >= 11 is 0. The van der Waals surface area contributed by atoms with Crippen molar-refractivity contribution in [1.29, 1.82) is 0 Å². The van der Waals surface area contributed by atoms with Crippen LogP contribution in [0.25, 0.3) is 0 Å². The molecule has 0 aromatic heterocycles. The molecule has 0 amide bonds. The first-order valence-electron chi connectivity index (χ1n) is 7.23. The van der Waals surface area contributed by atoms with E-state index >= 15 is 0 Å². The van der Waals surface area contributed by atoms with E-state index in [1.54, 1.807) is 14.2 Å². The van der Waals surface area contributed by atoms with E-state index in [4.69, 9.17) is 9.47 Å². The maximum absolute atomic E-state index is 5.47. The second-order valence-electron chi connectivity index (χ2n) is 5.03. The molecule has 3 nitrogen and oxygen atoms in total. The summed E-state index contributed by atoms with van der Waals surface area (Å²) in [6.45, 7) is 4.22. The van der Waals surface area contributed by atoms with Gasteiger partial charge in [-0.1, -0.05) is 25.1 Å². The Bertz CT molecular complexity index is 596. The summed E-state index contributed by atoms with van der Waals surface area (Å²) in [7, 11) is 3.40. The molecule has 0 aliphatic heterocycles. The maximum Gasteiger partial charge on any atom is 0.124 e. The summed E-state index contributed by atoms with van der Waals surface area (Å²) in [6.07, 6.45) is 0.978. The number of aryl methyl sites for hydroxylation is 1. The van der Waals surface area contributed by atoms with Crippen LogP contribution in [0.4, 0.5) is 5.69 Å². The van der Waals surface area contributed by atoms with Crippen LogP contribution >= 0.6 is 0 Å². The molecule has 2 aromatic rings. The van der Waals surface area contributed by atoms with Crippen molar-refractivity contribution in [3.05, 3.63) is 53.6 Å². The van der Waals surface area contributed by atoms with Gasteiger partial charge < -0.3 is 14.8 Å². The van der Waals surface area contributed by atoms with E-state index in [9.17, 15) is 0 Å². The Morgan fingerprint density at radius 2 is 1.71 bits per heavy atom. The number of para-hydroxylation sites is 1. The fraction of sp³-hybridized carbons (Fsp3) is 0.333.